The van der Waals surface area contributed by atoms with E-state index in [0.717, 1.165) is 24.5 Å². The number of carbonyl (C=O) groups is 1. The fourth-order valence-electron chi connectivity index (χ4n) is 5.35. The van der Waals surface area contributed by atoms with E-state index >= 15 is 0 Å². The lowest BCUT2D eigenvalue weighted by molar-refractivity contribution is -0.142. The molecule has 6 rings (SSSR count). The van der Waals surface area contributed by atoms with Crippen molar-refractivity contribution in [2.24, 2.45) is 0 Å². The zero-order chi connectivity index (χ0) is 28.9. The van der Waals surface area contributed by atoms with Crippen LogP contribution in [0.2, 0.25) is 5.02 Å². The van der Waals surface area contributed by atoms with Crippen molar-refractivity contribution in [2.75, 3.05) is 6.54 Å². The van der Waals surface area contributed by atoms with Crippen LogP contribution in [0, 0.1) is 0 Å². The van der Waals surface area contributed by atoms with Crippen LogP contribution in [0.5, 0.6) is 0 Å². The number of aromatic amines is 1. The number of benzene rings is 2. The maximum Gasteiger partial charge on any atom is 0.433 e. The molecule has 2 aromatic carbocycles. The molecule has 0 bridgehead atoms. The molecule has 0 saturated heterocycles. The van der Waals surface area contributed by atoms with Crippen molar-refractivity contribution in [2.45, 2.75) is 43.5 Å². The Kier molecular flexibility index (Phi) is 6.70. The lowest BCUT2D eigenvalue weighted by Gasteiger charge is -2.30. The largest absolute Gasteiger partial charge is 0.433 e. The lowest BCUT2D eigenvalue weighted by atomic mass is 9.94. The Labute approximate surface area is 237 Å². The first-order valence-corrected chi connectivity index (χ1v) is 13.4. The van der Waals surface area contributed by atoms with Gasteiger partial charge in [0.1, 0.15) is 11.5 Å². The molecule has 1 amide bonds. The smallest absolute Gasteiger partial charge is 0.378 e. The maximum atomic E-state index is 13.3. The molecule has 2 aromatic heterocycles. The first-order valence-electron chi connectivity index (χ1n) is 13.1. The summed E-state index contributed by atoms with van der Waals surface area (Å²) in [6.07, 6.45) is -4.17. The van der Waals surface area contributed by atoms with E-state index in [0.29, 0.717) is 34.1 Å². The van der Waals surface area contributed by atoms with Gasteiger partial charge in [-0.3, -0.25) is 9.59 Å². The zero-order valence-electron chi connectivity index (χ0n) is 21.6. The van der Waals surface area contributed by atoms with Crippen LogP contribution in [-0.4, -0.2) is 37.4 Å². The lowest BCUT2D eigenvalue weighted by Crippen LogP contribution is -2.42. The molecule has 2 N–H and O–H groups in total. The molecule has 2 aliphatic rings. The van der Waals surface area contributed by atoms with Crippen LogP contribution in [-0.2, 0) is 29.4 Å². The number of aliphatic hydroxyl groups is 1. The average Bonchev–Trinajstić information content (AvgIpc) is 3.78. The van der Waals surface area contributed by atoms with Gasteiger partial charge in [0.15, 0.2) is 6.10 Å². The number of fused-ring (bicyclic) bond motifs is 1. The van der Waals surface area contributed by atoms with E-state index in [-0.39, 0.29) is 35.3 Å². The monoisotopic (exact) mass is 580 g/mol. The summed E-state index contributed by atoms with van der Waals surface area (Å²) in [5.74, 6) is -0.0331. The number of rotatable bonds is 5. The average molecular weight is 581 g/mol. The van der Waals surface area contributed by atoms with Crippen molar-refractivity contribution in [1.82, 2.24) is 19.9 Å². The van der Waals surface area contributed by atoms with Crippen molar-refractivity contribution in [3.8, 4) is 11.3 Å². The van der Waals surface area contributed by atoms with E-state index in [1.165, 1.54) is 29.2 Å². The van der Waals surface area contributed by atoms with Crippen LogP contribution in [0.3, 0.4) is 0 Å². The quantitative estimate of drug-likeness (QED) is 0.338. The standard InChI is InChI=1S/C30H24ClF3N4O3/c31-20-7-2-6-19(15-20)29(11-12-29)28-36-23-10-13-38(16-21(23)26(40)37-28)27(41)25(39)18-5-1-4-17(14-18)22-8-3-9-24(35-22)30(32,33)34/h1-9,14-15,25,39H,10-13,16H2,(H,36,37,40)/t25-/m1/s1. The SMILES string of the molecule is O=C([C@H](O)c1cccc(-c2cccc(C(F)(F)F)n2)c1)N1CCc2nc(C3(c4cccc(Cl)c4)CC3)[nH]c(=O)c2C1. The van der Waals surface area contributed by atoms with E-state index < -0.39 is 23.9 Å². The maximum absolute atomic E-state index is 13.3. The first kappa shape index (κ1) is 27.2. The number of amides is 1. The van der Waals surface area contributed by atoms with Crippen LogP contribution >= 0.6 is 11.6 Å². The van der Waals surface area contributed by atoms with E-state index in [4.69, 9.17) is 16.6 Å². The van der Waals surface area contributed by atoms with Crippen LogP contribution < -0.4 is 5.56 Å². The topological polar surface area (TPSA) is 99.2 Å². The molecule has 4 aromatic rings. The molecule has 3 heterocycles. The molecule has 1 atom stereocenters. The van der Waals surface area contributed by atoms with Crippen LogP contribution in [0.15, 0.2) is 71.5 Å². The Morgan fingerprint density at radius 1 is 1.05 bits per heavy atom. The molecule has 0 spiro atoms. The minimum Gasteiger partial charge on any atom is -0.378 e. The Hall–Kier alpha value is -4.02. The Morgan fingerprint density at radius 3 is 2.54 bits per heavy atom. The number of aliphatic hydroxyl groups excluding tert-OH is 1. The zero-order valence-corrected chi connectivity index (χ0v) is 22.3. The van der Waals surface area contributed by atoms with E-state index in [1.807, 2.05) is 18.2 Å². The fourth-order valence-corrected chi connectivity index (χ4v) is 5.54. The molecule has 0 radical (unpaired) electrons. The third-order valence-corrected chi connectivity index (χ3v) is 7.97. The first-order chi connectivity index (χ1) is 19.5. The second-order valence-electron chi connectivity index (χ2n) is 10.4. The van der Waals surface area contributed by atoms with Crippen LogP contribution in [0.1, 0.15) is 52.8 Å². The molecular formula is C30H24ClF3N4O3. The van der Waals surface area contributed by atoms with Gasteiger partial charge in [0.2, 0.25) is 0 Å². The van der Waals surface area contributed by atoms with Gasteiger partial charge in [-0.05, 0) is 54.3 Å². The normalized spacial score (nSPS) is 16.7. The van der Waals surface area contributed by atoms with Gasteiger partial charge in [0, 0.05) is 23.6 Å². The number of aromatic nitrogens is 3. The number of nitrogens with zero attached hydrogens (tertiary/aromatic N) is 3. The van der Waals surface area contributed by atoms with E-state index in [9.17, 15) is 27.9 Å². The summed E-state index contributed by atoms with van der Waals surface area (Å²) in [4.78, 5) is 39.2. The van der Waals surface area contributed by atoms with Crippen LogP contribution in [0.4, 0.5) is 13.2 Å². The number of halogens is 4. The van der Waals surface area contributed by atoms with Gasteiger partial charge in [-0.2, -0.15) is 13.2 Å². The highest BCUT2D eigenvalue weighted by molar-refractivity contribution is 6.30. The van der Waals surface area contributed by atoms with E-state index in [1.54, 1.807) is 18.2 Å². The number of H-pyrrole nitrogens is 1. The van der Waals surface area contributed by atoms with E-state index in [2.05, 4.69) is 9.97 Å². The Bertz CT molecular complexity index is 1720. The summed E-state index contributed by atoms with van der Waals surface area (Å²) in [5.41, 5.74) is 0.816. The molecule has 0 unspecified atom stereocenters. The van der Waals surface area contributed by atoms with Gasteiger partial charge >= 0.3 is 6.18 Å². The molecular weight excluding hydrogens is 557 g/mol. The molecule has 7 nitrogen and oxygen atoms in total. The number of hydrogen-bond donors (Lipinski definition) is 2. The summed E-state index contributed by atoms with van der Waals surface area (Å²) < 4.78 is 39.4. The number of pyridine rings is 1. The highest BCUT2D eigenvalue weighted by Crippen LogP contribution is 2.52. The number of hydrogen-bond acceptors (Lipinski definition) is 5. The van der Waals surface area contributed by atoms with Crippen molar-refractivity contribution in [3.63, 3.8) is 0 Å². The number of carbonyl (C=O) groups excluding carboxylic acids is 1. The van der Waals surface area contributed by atoms with Crippen molar-refractivity contribution in [3.05, 3.63) is 116 Å². The molecule has 41 heavy (non-hydrogen) atoms. The third kappa shape index (κ3) is 5.13. The number of nitrogens with one attached hydrogen (secondary N) is 1. The van der Waals surface area contributed by atoms with Gasteiger partial charge in [0.25, 0.3) is 11.5 Å². The summed E-state index contributed by atoms with van der Waals surface area (Å²) in [6.45, 7) is 0.227. The predicted octanol–water partition coefficient (Wildman–Crippen LogP) is 5.20. The van der Waals surface area contributed by atoms with Gasteiger partial charge in [-0.15, -0.1) is 0 Å². The number of alkyl halides is 3. The summed E-state index contributed by atoms with van der Waals surface area (Å²) in [7, 11) is 0. The van der Waals surface area contributed by atoms with Crippen molar-refractivity contribution < 1.29 is 23.1 Å². The second kappa shape index (κ2) is 10.1. The highest BCUT2D eigenvalue weighted by atomic mass is 35.5. The van der Waals surface area contributed by atoms with Gasteiger partial charge < -0.3 is 15.0 Å². The third-order valence-electron chi connectivity index (χ3n) is 7.73. The molecule has 1 fully saturated rings. The van der Waals surface area contributed by atoms with Gasteiger partial charge in [-0.1, -0.05) is 48.0 Å². The van der Waals surface area contributed by atoms with Gasteiger partial charge in [0.05, 0.1) is 28.9 Å². The molecule has 1 aliphatic carbocycles. The Balaban J connectivity index is 1.22. The molecule has 1 saturated carbocycles. The molecule has 210 valence electrons. The van der Waals surface area contributed by atoms with Crippen LogP contribution in [0.25, 0.3) is 11.3 Å². The highest BCUT2D eigenvalue weighted by Gasteiger charge is 2.49. The second-order valence-corrected chi connectivity index (χ2v) is 10.8. The van der Waals surface area contributed by atoms with Crippen molar-refractivity contribution in [1.29, 1.82) is 0 Å². The van der Waals surface area contributed by atoms with Gasteiger partial charge in [-0.25, -0.2) is 9.97 Å². The summed E-state index contributed by atoms with van der Waals surface area (Å²) in [5, 5.41) is 11.5. The summed E-state index contributed by atoms with van der Waals surface area (Å²) in [6, 6.07) is 17.1. The van der Waals surface area contributed by atoms with Crippen molar-refractivity contribution >= 4 is 17.5 Å². The molecule has 1 aliphatic heterocycles. The minimum atomic E-state index is -4.60. The predicted molar refractivity (Wildman–Crippen MR) is 145 cm³/mol. The molecule has 11 heteroatoms. The Morgan fingerprint density at radius 2 is 1.80 bits per heavy atom. The fraction of sp³-hybridized carbons (Fsp3) is 0.267. The minimum absolute atomic E-state index is 0.0210. The summed E-state index contributed by atoms with van der Waals surface area (Å²) >= 11 is 6.20.